The Morgan fingerprint density at radius 3 is 2.64 bits per heavy atom. The first-order chi connectivity index (χ1) is 12.1. The average molecular weight is 346 g/mol. The summed E-state index contributed by atoms with van der Waals surface area (Å²) in [6.07, 6.45) is 2.23. The van der Waals surface area contributed by atoms with Crippen molar-refractivity contribution in [2.24, 2.45) is 0 Å². The summed E-state index contributed by atoms with van der Waals surface area (Å²) in [6.45, 7) is 1.32. The minimum atomic E-state index is -0.433. The molecule has 1 aliphatic heterocycles. The molecule has 2 aromatic rings. The molecule has 1 amide bonds. The molecule has 1 atom stereocenters. The first-order valence-electron chi connectivity index (χ1n) is 8.29. The van der Waals surface area contributed by atoms with Crippen molar-refractivity contribution >= 4 is 17.3 Å². The molecule has 1 heterocycles. The molecule has 0 spiro atoms. The highest BCUT2D eigenvalue weighted by molar-refractivity contribution is 5.92. The smallest absolute Gasteiger partial charge is 0.228 e. The van der Waals surface area contributed by atoms with E-state index >= 15 is 0 Å². The molecule has 132 valence electrons. The fraction of sp³-hybridized carbons (Fsp3) is 0.316. The van der Waals surface area contributed by atoms with Crippen molar-refractivity contribution in [3.8, 4) is 0 Å². The lowest BCUT2D eigenvalue weighted by Crippen LogP contribution is -2.19. The fourth-order valence-electron chi connectivity index (χ4n) is 2.76. The molecule has 1 saturated heterocycles. The Balaban J connectivity index is 1.54. The zero-order valence-corrected chi connectivity index (χ0v) is 13.7. The van der Waals surface area contributed by atoms with Gasteiger partial charge in [0.2, 0.25) is 5.91 Å². The van der Waals surface area contributed by atoms with Crippen LogP contribution in [0.3, 0.4) is 0 Å². The normalized spacial score (nSPS) is 16.6. The molecular formula is C19H20F2N2O2. The van der Waals surface area contributed by atoms with Gasteiger partial charge >= 0.3 is 0 Å². The number of amides is 1. The molecule has 3 rings (SSSR count). The van der Waals surface area contributed by atoms with Gasteiger partial charge in [-0.05, 0) is 48.7 Å². The summed E-state index contributed by atoms with van der Waals surface area (Å²) in [4.78, 5) is 12.0. The molecule has 1 aliphatic rings. The Morgan fingerprint density at radius 2 is 1.96 bits per heavy atom. The lowest BCUT2D eigenvalue weighted by molar-refractivity contribution is -0.115. The summed E-state index contributed by atoms with van der Waals surface area (Å²) in [7, 11) is 0. The largest absolute Gasteiger partial charge is 0.380 e. The van der Waals surface area contributed by atoms with E-state index in [0.29, 0.717) is 23.5 Å². The number of benzene rings is 2. The van der Waals surface area contributed by atoms with Crippen LogP contribution in [-0.4, -0.2) is 25.2 Å². The van der Waals surface area contributed by atoms with Gasteiger partial charge in [-0.1, -0.05) is 12.1 Å². The van der Waals surface area contributed by atoms with Crippen LogP contribution in [0.4, 0.5) is 20.2 Å². The molecule has 4 nitrogen and oxygen atoms in total. The third-order valence-corrected chi connectivity index (χ3v) is 4.07. The predicted octanol–water partition coefficient (Wildman–Crippen LogP) is 3.74. The average Bonchev–Trinajstić information content (AvgIpc) is 3.10. The molecule has 0 saturated carbocycles. The van der Waals surface area contributed by atoms with Gasteiger partial charge in [0, 0.05) is 18.8 Å². The van der Waals surface area contributed by atoms with Crippen LogP contribution in [0.15, 0.2) is 42.5 Å². The maximum Gasteiger partial charge on any atom is 0.228 e. The quantitative estimate of drug-likeness (QED) is 0.838. The number of anilines is 2. The van der Waals surface area contributed by atoms with E-state index in [0.717, 1.165) is 19.4 Å². The number of ether oxygens (including phenoxy) is 1. The Kier molecular flexibility index (Phi) is 5.60. The van der Waals surface area contributed by atoms with Crippen LogP contribution in [0.25, 0.3) is 0 Å². The lowest BCUT2D eigenvalue weighted by Gasteiger charge is -2.13. The number of rotatable bonds is 6. The SMILES string of the molecule is O=C(Cc1ccc(F)cc1)Nc1ccc(NCC2CCCO2)c(F)c1. The highest BCUT2D eigenvalue weighted by Crippen LogP contribution is 2.20. The molecule has 0 radical (unpaired) electrons. The van der Waals surface area contributed by atoms with Gasteiger partial charge in [-0.25, -0.2) is 8.78 Å². The summed E-state index contributed by atoms with van der Waals surface area (Å²) in [5, 5.41) is 5.68. The summed E-state index contributed by atoms with van der Waals surface area (Å²) in [5.74, 6) is -1.07. The van der Waals surface area contributed by atoms with Gasteiger partial charge < -0.3 is 15.4 Å². The Morgan fingerprint density at radius 1 is 1.16 bits per heavy atom. The third kappa shape index (κ3) is 5.00. The molecule has 0 aromatic heterocycles. The molecule has 25 heavy (non-hydrogen) atoms. The third-order valence-electron chi connectivity index (χ3n) is 4.07. The number of hydrogen-bond acceptors (Lipinski definition) is 3. The van der Waals surface area contributed by atoms with E-state index in [1.165, 1.54) is 18.2 Å². The maximum atomic E-state index is 14.1. The van der Waals surface area contributed by atoms with E-state index in [9.17, 15) is 13.6 Å². The predicted molar refractivity (Wildman–Crippen MR) is 92.6 cm³/mol. The fourth-order valence-corrected chi connectivity index (χ4v) is 2.76. The second-order valence-electron chi connectivity index (χ2n) is 6.06. The molecule has 0 bridgehead atoms. The van der Waals surface area contributed by atoms with E-state index < -0.39 is 5.82 Å². The number of carbonyl (C=O) groups is 1. The Labute approximate surface area is 145 Å². The molecule has 2 N–H and O–H groups in total. The number of hydrogen-bond donors (Lipinski definition) is 2. The first kappa shape index (κ1) is 17.4. The van der Waals surface area contributed by atoms with Crippen molar-refractivity contribution in [1.29, 1.82) is 0 Å². The van der Waals surface area contributed by atoms with E-state index in [1.54, 1.807) is 24.3 Å². The monoisotopic (exact) mass is 346 g/mol. The zero-order chi connectivity index (χ0) is 17.6. The highest BCUT2D eigenvalue weighted by atomic mass is 19.1. The van der Waals surface area contributed by atoms with E-state index in [1.807, 2.05) is 0 Å². The summed E-state index contributed by atoms with van der Waals surface area (Å²) in [5.41, 5.74) is 1.45. The van der Waals surface area contributed by atoms with Gasteiger partial charge in [-0.3, -0.25) is 4.79 Å². The van der Waals surface area contributed by atoms with Gasteiger partial charge in [0.25, 0.3) is 0 Å². The van der Waals surface area contributed by atoms with Gasteiger partial charge in [0.1, 0.15) is 11.6 Å². The number of nitrogens with one attached hydrogen (secondary N) is 2. The van der Waals surface area contributed by atoms with Crippen molar-refractivity contribution in [3.05, 3.63) is 59.7 Å². The first-order valence-corrected chi connectivity index (χ1v) is 8.29. The molecule has 0 aliphatic carbocycles. The highest BCUT2D eigenvalue weighted by Gasteiger charge is 2.15. The second kappa shape index (κ2) is 8.07. The minimum absolute atomic E-state index is 0.0981. The molecule has 2 aromatic carbocycles. The van der Waals surface area contributed by atoms with Crippen LogP contribution in [0, 0.1) is 11.6 Å². The van der Waals surface area contributed by atoms with Gasteiger partial charge in [-0.2, -0.15) is 0 Å². The van der Waals surface area contributed by atoms with Crippen molar-refractivity contribution in [2.75, 3.05) is 23.8 Å². The Bertz CT molecular complexity index is 729. The van der Waals surface area contributed by atoms with Crippen LogP contribution in [0.2, 0.25) is 0 Å². The van der Waals surface area contributed by atoms with Crippen LogP contribution in [0.1, 0.15) is 18.4 Å². The van der Waals surface area contributed by atoms with Crippen molar-refractivity contribution in [3.63, 3.8) is 0 Å². The van der Waals surface area contributed by atoms with Gasteiger partial charge in [0.15, 0.2) is 0 Å². The van der Waals surface area contributed by atoms with E-state index in [2.05, 4.69) is 10.6 Å². The van der Waals surface area contributed by atoms with Crippen molar-refractivity contribution in [2.45, 2.75) is 25.4 Å². The van der Waals surface area contributed by atoms with Crippen LogP contribution in [0.5, 0.6) is 0 Å². The summed E-state index contributed by atoms with van der Waals surface area (Å²) >= 11 is 0. The summed E-state index contributed by atoms with van der Waals surface area (Å²) < 4.78 is 32.5. The number of halogens is 2. The van der Waals surface area contributed by atoms with Crippen molar-refractivity contribution in [1.82, 2.24) is 0 Å². The van der Waals surface area contributed by atoms with Gasteiger partial charge in [0.05, 0.1) is 18.2 Å². The molecule has 1 unspecified atom stereocenters. The molecule has 1 fully saturated rings. The Hall–Kier alpha value is -2.47. The topological polar surface area (TPSA) is 50.4 Å². The lowest BCUT2D eigenvalue weighted by atomic mass is 10.1. The minimum Gasteiger partial charge on any atom is -0.380 e. The van der Waals surface area contributed by atoms with E-state index in [4.69, 9.17) is 4.74 Å². The molecular weight excluding hydrogens is 326 g/mol. The maximum absolute atomic E-state index is 14.1. The van der Waals surface area contributed by atoms with Crippen LogP contribution in [-0.2, 0) is 16.0 Å². The summed E-state index contributed by atoms with van der Waals surface area (Å²) in [6, 6.07) is 10.2. The van der Waals surface area contributed by atoms with Crippen LogP contribution < -0.4 is 10.6 Å². The second-order valence-corrected chi connectivity index (χ2v) is 6.06. The molecule has 6 heteroatoms. The van der Waals surface area contributed by atoms with Crippen molar-refractivity contribution < 1.29 is 18.3 Å². The van der Waals surface area contributed by atoms with E-state index in [-0.39, 0.29) is 24.2 Å². The number of carbonyl (C=O) groups excluding carboxylic acids is 1. The van der Waals surface area contributed by atoms with Crippen LogP contribution >= 0.6 is 0 Å². The zero-order valence-electron chi connectivity index (χ0n) is 13.7. The van der Waals surface area contributed by atoms with Gasteiger partial charge in [-0.15, -0.1) is 0 Å². The standard InChI is InChI=1S/C19H20F2N2O2/c20-14-5-3-13(4-6-14)10-19(24)23-15-7-8-18(17(21)11-15)22-12-16-2-1-9-25-16/h3-8,11,16,22H,1-2,9-10,12H2,(H,23,24).